The van der Waals surface area contributed by atoms with Crippen molar-refractivity contribution in [1.82, 2.24) is 20.2 Å². The van der Waals surface area contributed by atoms with Crippen LogP contribution in [-0.4, -0.2) is 42.3 Å². The lowest BCUT2D eigenvalue weighted by atomic mass is 10.1. The third-order valence-electron chi connectivity index (χ3n) is 4.80. The average Bonchev–Trinajstić information content (AvgIpc) is 3.16. The molecule has 162 valence electrons. The summed E-state index contributed by atoms with van der Waals surface area (Å²) in [6, 6.07) is 16.9. The second-order valence-corrected chi connectivity index (χ2v) is 6.93. The van der Waals surface area contributed by atoms with Gasteiger partial charge in [-0.2, -0.15) is 0 Å². The number of rotatable bonds is 10. The number of nitrogens with one attached hydrogen (secondary N) is 2. The number of para-hydroxylation sites is 2. The number of benzene rings is 2. The van der Waals surface area contributed by atoms with Crippen LogP contribution in [0.2, 0.25) is 0 Å². The molecular weight excluding hydrogens is 489 g/mol. The first-order valence-corrected chi connectivity index (χ1v) is 10.3. The van der Waals surface area contributed by atoms with Crippen LogP contribution < -0.4 is 10.6 Å². The first-order valence-electron chi connectivity index (χ1n) is 10.3. The predicted octanol–water partition coefficient (Wildman–Crippen LogP) is 4.18. The molecule has 0 bridgehead atoms. The fourth-order valence-electron chi connectivity index (χ4n) is 3.18. The molecule has 3 rings (SSSR count). The van der Waals surface area contributed by atoms with Gasteiger partial charge in [0.05, 0.1) is 17.4 Å². The second kappa shape index (κ2) is 13.2. The van der Waals surface area contributed by atoms with Crippen LogP contribution in [-0.2, 0) is 17.8 Å². The highest BCUT2D eigenvalue weighted by Crippen LogP contribution is 2.14. The van der Waals surface area contributed by atoms with Crippen molar-refractivity contribution in [2.45, 2.75) is 32.9 Å². The van der Waals surface area contributed by atoms with E-state index < -0.39 is 0 Å². The molecular formula is C23H32IN5O. The Balaban J connectivity index is 0.00000320. The number of guanidine groups is 1. The summed E-state index contributed by atoms with van der Waals surface area (Å²) in [7, 11) is 1.80. The Hall–Kier alpha value is -2.13. The Kier molecular flexibility index (Phi) is 10.6. The minimum absolute atomic E-state index is 0. The van der Waals surface area contributed by atoms with Crippen LogP contribution in [0.4, 0.5) is 0 Å². The Labute approximate surface area is 196 Å². The number of halogens is 1. The molecule has 0 saturated carbocycles. The lowest BCUT2D eigenvalue weighted by molar-refractivity contribution is 0.143. The topological polar surface area (TPSA) is 63.5 Å². The van der Waals surface area contributed by atoms with Crippen LogP contribution in [0.3, 0.4) is 0 Å². The van der Waals surface area contributed by atoms with Crippen molar-refractivity contribution in [1.29, 1.82) is 0 Å². The van der Waals surface area contributed by atoms with Crippen LogP contribution in [0.5, 0.6) is 0 Å². The molecule has 30 heavy (non-hydrogen) atoms. The summed E-state index contributed by atoms with van der Waals surface area (Å²) < 4.78 is 7.54. The molecule has 0 fully saturated rings. The van der Waals surface area contributed by atoms with Crippen molar-refractivity contribution in [2.24, 2.45) is 4.99 Å². The summed E-state index contributed by atoms with van der Waals surface area (Å²) in [6.07, 6.45) is 4.04. The molecule has 0 aliphatic heterocycles. The Morgan fingerprint density at radius 1 is 1.03 bits per heavy atom. The number of unbranched alkanes of at least 4 members (excludes halogenated alkanes) is 1. The first-order chi connectivity index (χ1) is 14.3. The number of nitrogens with zero attached hydrogens (tertiary/aromatic N) is 3. The van der Waals surface area contributed by atoms with E-state index in [2.05, 4.69) is 61.6 Å². The van der Waals surface area contributed by atoms with E-state index in [1.54, 1.807) is 7.05 Å². The maximum Gasteiger partial charge on any atom is 0.191 e. The van der Waals surface area contributed by atoms with Crippen LogP contribution in [0.25, 0.3) is 11.0 Å². The van der Waals surface area contributed by atoms with Crippen molar-refractivity contribution in [3.05, 3.63) is 66.0 Å². The van der Waals surface area contributed by atoms with Gasteiger partial charge in [-0.1, -0.05) is 36.4 Å². The molecule has 0 spiro atoms. The normalized spacial score (nSPS) is 11.3. The molecule has 0 saturated heterocycles. The minimum Gasteiger partial charge on any atom is -0.382 e. The standard InChI is InChI=1S/C23H31N5O.HI/c1-3-29-15-7-6-14-25-23(24-2)26-16-19-10-12-20(13-11-19)17-28-18-27-21-8-4-5-9-22(21)28;/h4-5,8-13,18H,3,6-7,14-17H2,1-2H3,(H2,24,25,26);1H. The lowest BCUT2D eigenvalue weighted by Crippen LogP contribution is -2.37. The second-order valence-electron chi connectivity index (χ2n) is 6.93. The third kappa shape index (κ3) is 7.28. The zero-order valence-electron chi connectivity index (χ0n) is 17.8. The summed E-state index contributed by atoms with van der Waals surface area (Å²) in [4.78, 5) is 8.75. The zero-order valence-corrected chi connectivity index (χ0v) is 20.1. The molecule has 3 aromatic rings. The third-order valence-corrected chi connectivity index (χ3v) is 4.80. The number of hydrogen-bond acceptors (Lipinski definition) is 3. The van der Waals surface area contributed by atoms with Crippen molar-refractivity contribution in [3.63, 3.8) is 0 Å². The van der Waals surface area contributed by atoms with Crippen molar-refractivity contribution in [2.75, 3.05) is 26.8 Å². The van der Waals surface area contributed by atoms with Gasteiger partial charge in [-0.05, 0) is 43.0 Å². The smallest absolute Gasteiger partial charge is 0.191 e. The van der Waals surface area contributed by atoms with Gasteiger partial charge in [-0.15, -0.1) is 24.0 Å². The number of hydrogen-bond donors (Lipinski definition) is 2. The number of fused-ring (bicyclic) bond motifs is 1. The molecule has 0 atom stereocenters. The van der Waals surface area contributed by atoms with E-state index in [9.17, 15) is 0 Å². The van der Waals surface area contributed by atoms with E-state index in [4.69, 9.17) is 4.74 Å². The molecule has 0 aliphatic carbocycles. The Morgan fingerprint density at radius 2 is 1.80 bits per heavy atom. The van der Waals surface area contributed by atoms with Gasteiger partial charge in [0, 0.05) is 39.9 Å². The van der Waals surface area contributed by atoms with Gasteiger partial charge in [-0.25, -0.2) is 4.98 Å². The largest absolute Gasteiger partial charge is 0.382 e. The van der Waals surface area contributed by atoms with E-state index in [1.807, 2.05) is 25.4 Å². The zero-order chi connectivity index (χ0) is 20.3. The summed E-state index contributed by atoms with van der Waals surface area (Å²) in [6.45, 7) is 6.09. The summed E-state index contributed by atoms with van der Waals surface area (Å²) in [5, 5.41) is 6.72. The molecule has 0 radical (unpaired) electrons. The van der Waals surface area contributed by atoms with E-state index in [0.717, 1.165) is 62.7 Å². The van der Waals surface area contributed by atoms with Gasteiger partial charge in [0.15, 0.2) is 5.96 Å². The van der Waals surface area contributed by atoms with Gasteiger partial charge >= 0.3 is 0 Å². The molecule has 1 heterocycles. The van der Waals surface area contributed by atoms with Gasteiger partial charge in [0.25, 0.3) is 0 Å². The van der Waals surface area contributed by atoms with E-state index >= 15 is 0 Å². The maximum absolute atomic E-state index is 5.36. The highest BCUT2D eigenvalue weighted by Gasteiger charge is 2.03. The number of imidazole rings is 1. The van der Waals surface area contributed by atoms with Crippen molar-refractivity contribution in [3.8, 4) is 0 Å². The van der Waals surface area contributed by atoms with Crippen LogP contribution >= 0.6 is 24.0 Å². The van der Waals surface area contributed by atoms with Crippen LogP contribution in [0.1, 0.15) is 30.9 Å². The first kappa shape index (κ1) is 24.1. The highest BCUT2D eigenvalue weighted by molar-refractivity contribution is 14.0. The van der Waals surface area contributed by atoms with E-state index in [-0.39, 0.29) is 24.0 Å². The van der Waals surface area contributed by atoms with Gasteiger partial charge in [0.2, 0.25) is 0 Å². The van der Waals surface area contributed by atoms with Crippen LogP contribution in [0, 0.1) is 0 Å². The lowest BCUT2D eigenvalue weighted by Gasteiger charge is -2.12. The SMILES string of the molecule is CCOCCCCNC(=NC)NCc1ccc(Cn2cnc3ccccc32)cc1.I. The van der Waals surface area contributed by atoms with Gasteiger partial charge < -0.3 is 19.9 Å². The summed E-state index contributed by atoms with van der Waals surface area (Å²) in [5.74, 6) is 0.829. The molecule has 0 amide bonds. The number of aromatic nitrogens is 2. The monoisotopic (exact) mass is 521 g/mol. The molecule has 2 N–H and O–H groups in total. The summed E-state index contributed by atoms with van der Waals surface area (Å²) in [5.41, 5.74) is 4.68. The summed E-state index contributed by atoms with van der Waals surface area (Å²) >= 11 is 0. The van der Waals surface area contributed by atoms with E-state index in [0.29, 0.717) is 0 Å². The Morgan fingerprint density at radius 3 is 2.57 bits per heavy atom. The molecule has 1 aromatic heterocycles. The van der Waals surface area contributed by atoms with E-state index in [1.165, 1.54) is 11.1 Å². The molecule has 0 unspecified atom stereocenters. The van der Waals surface area contributed by atoms with Crippen LogP contribution in [0.15, 0.2) is 59.9 Å². The average molecular weight is 521 g/mol. The number of aliphatic imine (C=N–C) groups is 1. The fraction of sp³-hybridized carbons (Fsp3) is 0.391. The predicted molar refractivity (Wildman–Crippen MR) is 135 cm³/mol. The van der Waals surface area contributed by atoms with Gasteiger partial charge in [-0.3, -0.25) is 4.99 Å². The van der Waals surface area contributed by atoms with Crippen molar-refractivity contribution >= 4 is 41.0 Å². The quantitative estimate of drug-likeness (QED) is 0.182. The maximum atomic E-state index is 5.36. The molecule has 0 aliphatic rings. The highest BCUT2D eigenvalue weighted by atomic mass is 127. The minimum atomic E-state index is 0. The van der Waals surface area contributed by atoms with Gasteiger partial charge in [0.1, 0.15) is 0 Å². The molecule has 2 aromatic carbocycles. The number of ether oxygens (including phenoxy) is 1. The molecule has 6 nitrogen and oxygen atoms in total. The molecule has 7 heteroatoms. The fourth-order valence-corrected chi connectivity index (χ4v) is 3.18. The van der Waals surface area contributed by atoms with Crippen molar-refractivity contribution < 1.29 is 4.74 Å². The Bertz CT molecular complexity index is 907.